The lowest BCUT2D eigenvalue weighted by molar-refractivity contribution is -0.142. The van der Waals surface area contributed by atoms with Gasteiger partial charge in [0, 0.05) is 46.1 Å². The van der Waals surface area contributed by atoms with E-state index in [1.54, 1.807) is 0 Å². The fourth-order valence-corrected chi connectivity index (χ4v) is 2.54. The number of carbonyl (C=O) groups excluding carboxylic acids is 2. The van der Waals surface area contributed by atoms with Crippen molar-refractivity contribution in [3.05, 3.63) is 0 Å². The average molecular weight is 225 g/mol. The molecule has 1 atom stereocenters. The Labute approximate surface area is 95.8 Å². The van der Waals surface area contributed by atoms with Crippen molar-refractivity contribution >= 4 is 11.8 Å². The van der Waals surface area contributed by atoms with Gasteiger partial charge in [-0.05, 0) is 6.42 Å². The van der Waals surface area contributed by atoms with Gasteiger partial charge in [-0.15, -0.1) is 0 Å². The summed E-state index contributed by atoms with van der Waals surface area (Å²) in [6.45, 7) is 6.34. The van der Waals surface area contributed by atoms with Crippen molar-refractivity contribution in [2.75, 3.05) is 32.7 Å². The molecule has 2 amide bonds. The molecule has 2 rings (SSSR count). The Bertz CT molecular complexity index is 287. The van der Waals surface area contributed by atoms with Crippen LogP contribution in [0.2, 0.25) is 0 Å². The molecule has 2 heterocycles. The van der Waals surface area contributed by atoms with E-state index in [9.17, 15) is 9.59 Å². The number of amides is 2. The van der Waals surface area contributed by atoms with E-state index in [1.165, 1.54) is 11.8 Å². The van der Waals surface area contributed by atoms with Crippen molar-refractivity contribution in [2.24, 2.45) is 0 Å². The Balaban J connectivity index is 1.92. The lowest BCUT2D eigenvalue weighted by Gasteiger charge is -2.32. The molecule has 90 valence electrons. The maximum atomic E-state index is 11.5. The summed E-state index contributed by atoms with van der Waals surface area (Å²) in [4.78, 5) is 26.7. The van der Waals surface area contributed by atoms with Crippen molar-refractivity contribution in [3.8, 4) is 0 Å². The molecule has 2 saturated heterocycles. The summed E-state index contributed by atoms with van der Waals surface area (Å²) in [5, 5.41) is 3.29. The first-order valence-corrected chi connectivity index (χ1v) is 5.94. The lowest BCUT2D eigenvalue weighted by atomic mass is 10.2. The molecule has 0 radical (unpaired) electrons. The van der Waals surface area contributed by atoms with Gasteiger partial charge in [0.25, 0.3) is 0 Å². The van der Waals surface area contributed by atoms with Crippen LogP contribution < -0.4 is 5.32 Å². The number of likely N-dealkylation sites (tertiary alicyclic amines) is 1. The third kappa shape index (κ3) is 2.41. The third-order valence-electron chi connectivity index (χ3n) is 3.34. The highest BCUT2D eigenvalue weighted by atomic mass is 16.2. The van der Waals surface area contributed by atoms with Gasteiger partial charge in [-0.3, -0.25) is 19.4 Å². The standard InChI is InChI=1S/C11H19N3O2/c1-9(15)14-10(2-3-11(14)16)8-13-6-4-12-5-7-13/h10,12H,2-8H2,1H3. The first kappa shape index (κ1) is 11.5. The zero-order valence-electron chi connectivity index (χ0n) is 9.74. The van der Waals surface area contributed by atoms with Gasteiger partial charge in [0.05, 0.1) is 6.04 Å². The van der Waals surface area contributed by atoms with E-state index < -0.39 is 0 Å². The molecule has 0 bridgehead atoms. The maximum Gasteiger partial charge on any atom is 0.229 e. The lowest BCUT2D eigenvalue weighted by Crippen LogP contribution is -2.50. The van der Waals surface area contributed by atoms with Crippen molar-refractivity contribution in [2.45, 2.75) is 25.8 Å². The van der Waals surface area contributed by atoms with Crippen LogP contribution in [0.4, 0.5) is 0 Å². The van der Waals surface area contributed by atoms with Crippen molar-refractivity contribution in [1.82, 2.24) is 15.1 Å². The van der Waals surface area contributed by atoms with Crippen molar-refractivity contribution in [3.63, 3.8) is 0 Å². The van der Waals surface area contributed by atoms with E-state index in [2.05, 4.69) is 10.2 Å². The van der Waals surface area contributed by atoms with Gasteiger partial charge in [0.2, 0.25) is 11.8 Å². The molecule has 0 spiro atoms. The molecule has 2 fully saturated rings. The molecule has 0 saturated carbocycles. The van der Waals surface area contributed by atoms with Gasteiger partial charge >= 0.3 is 0 Å². The molecule has 0 aromatic heterocycles. The fourth-order valence-electron chi connectivity index (χ4n) is 2.54. The Morgan fingerprint density at radius 1 is 1.44 bits per heavy atom. The predicted molar refractivity (Wildman–Crippen MR) is 59.9 cm³/mol. The molecule has 5 nitrogen and oxygen atoms in total. The molecule has 16 heavy (non-hydrogen) atoms. The van der Waals surface area contributed by atoms with E-state index in [1.807, 2.05) is 0 Å². The summed E-state index contributed by atoms with van der Waals surface area (Å²) in [6, 6.07) is 0.100. The number of rotatable bonds is 2. The monoisotopic (exact) mass is 225 g/mol. The van der Waals surface area contributed by atoms with Gasteiger partial charge in [-0.1, -0.05) is 0 Å². The minimum absolute atomic E-state index is 0.00682. The first-order chi connectivity index (χ1) is 7.68. The average Bonchev–Trinajstić information content (AvgIpc) is 2.61. The van der Waals surface area contributed by atoms with Crippen LogP contribution in [0.1, 0.15) is 19.8 Å². The smallest absolute Gasteiger partial charge is 0.229 e. The summed E-state index contributed by atoms with van der Waals surface area (Å²) < 4.78 is 0. The Morgan fingerprint density at radius 2 is 2.12 bits per heavy atom. The van der Waals surface area contributed by atoms with Crippen LogP contribution in [0.5, 0.6) is 0 Å². The van der Waals surface area contributed by atoms with Crippen molar-refractivity contribution < 1.29 is 9.59 Å². The molecule has 2 aliphatic rings. The first-order valence-electron chi connectivity index (χ1n) is 5.94. The highest BCUT2D eigenvalue weighted by molar-refractivity contribution is 5.96. The molecule has 2 aliphatic heterocycles. The number of imide groups is 1. The molecule has 0 aromatic rings. The summed E-state index contributed by atoms with van der Waals surface area (Å²) in [5.41, 5.74) is 0. The molecule has 1 unspecified atom stereocenters. The van der Waals surface area contributed by atoms with E-state index in [0.29, 0.717) is 6.42 Å². The summed E-state index contributed by atoms with van der Waals surface area (Å²) in [6.07, 6.45) is 1.35. The summed E-state index contributed by atoms with van der Waals surface area (Å²) >= 11 is 0. The Hall–Kier alpha value is -0.940. The van der Waals surface area contributed by atoms with Crippen LogP contribution in [0, 0.1) is 0 Å². The molecule has 5 heteroatoms. The van der Waals surface area contributed by atoms with Crippen LogP contribution in [0.3, 0.4) is 0 Å². The third-order valence-corrected chi connectivity index (χ3v) is 3.34. The second-order valence-electron chi connectivity index (χ2n) is 4.53. The zero-order chi connectivity index (χ0) is 11.5. The van der Waals surface area contributed by atoms with Gasteiger partial charge in [0.1, 0.15) is 0 Å². The van der Waals surface area contributed by atoms with E-state index in [4.69, 9.17) is 0 Å². The SMILES string of the molecule is CC(=O)N1C(=O)CCC1CN1CCNCC1. The number of carbonyl (C=O) groups is 2. The number of hydrogen-bond donors (Lipinski definition) is 1. The fraction of sp³-hybridized carbons (Fsp3) is 0.818. The number of nitrogens with one attached hydrogen (secondary N) is 1. The van der Waals surface area contributed by atoms with Gasteiger partial charge in [-0.25, -0.2) is 0 Å². The van der Waals surface area contributed by atoms with Gasteiger partial charge in [0.15, 0.2) is 0 Å². The highest BCUT2D eigenvalue weighted by Gasteiger charge is 2.34. The van der Waals surface area contributed by atoms with Crippen LogP contribution in [0.25, 0.3) is 0 Å². The largest absolute Gasteiger partial charge is 0.314 e. The van der Waals surface area contributed by atoms with E-state index >= 15 is 0 Å². The highest BCUT2D eigenvalue weighted by Crippen LogP contribution is 2.19. The molecule has 0 aromatic carbocycles. The molecular weight excluding hydrogens is 206 g/mol. The summed E-state index contributed by atoms with van der Waals surface area (Å²) in [7, 11) is 0. The van der Waals surface area contributed by atoms with Gasteiger partial charge in [-0.2, -0.15) is 0 Å². The quantitative estimate of drug-likeness (QED) is 0.684. The molecule has 0 aliphatic carbocycles. The minimum Gasteiger partial charge on any atom is -0.314 e. The van der Waals surface area contributed by atoms with E-state index in [0.717, 1.165) is 39.1 Å². The van der Waals surface area contributed by atoms with Gasteiger partial charge < -0.3 is 5.32 Å². The second kappa shape index (κ2) is 4.93. The van der Waals surface area contributed by atoms with Crippen LogP contribution in [0.15, 0.2) is 0 Å². The molecular formula is C11H19N3O2. The minimum atomic E-state index is -0.109. The van der Waals surface area contributed by atoms with Crippen LogP contribution >= 0.6 is 0 Å². The Morgan fingerprint density at radius 3 is 2.75 bits per heavy atom. The van der Waals surface area contributed by atoms with Crippen molar-refractivity contribution in [1.29, 1.82) is 0 Å². The summed E-state index contributed by atoms with van der Waals surface area (Å²) in [5.74, 6) is -0.115. The number of piperazine rings is 1. The maximum absolute atomic E-state index is 11.5. The van der Waals surface area contributed by atoms with Crippen LogP contribution in [-0.2, 0) is 9.59 Å². The predicted octanol–water partition coefficient (Wildman–Crippen LogP) is -0.571. The van der Waals surface area contributed by atoms with Crippen LogP contribution in [-0.4, -0.2) is 60.4 Å². The topological polar surface area (TPSA) is 52.7 Å². The normalized spacial score (nSPS) is 27.4. The van der Waals surface area contributed by atoms with E-state index in [-0.39, 0.29) is 17.9 Å². The molecule has 1 N–H and O–H groups in total. The Kier molecular flexibility index (Phi) is 3.56. The second-order valence-corrected chi connectivity index (χ2v) is 4.53. The number of hydrogen-bond acceptors (Lipinski definition) is 4. The number of nitrogens with zero attached hydrogens (tertiary/aromatic N) is 2. The zero-order valence-corrected chi connectivity index (χ0v) is 9.74.